The van der Waals surface area contributed by atoms with Crippen molar-refractivity contribution in [1.82, 2.24) is 5.32 Å². The lowest BCUT2D eigenvalue weighted by atomic mass is 10.1. The number of benzene rings is 2. The first kappa shape index (κ1) is 17.2. The second-order valence-corrected chi connectivity index (χ2v) is 6.20. The highest BCUT2D eigenvalue weighted by atomic mass is 79.9. The van der Waals surface area contributed by atoms with E-state index in [1.807, 2.05) is 50.2 Å². The van der Waals surface area contributed by atoms with Gasteiger partial charge in [0, 0.05) is 4.47 Å². The second kappa shape index (κ2) is 7.92. The maximum Gasteiger partial charge on any atom is 0.338 e. The summed E-state index contributed by atoms with van der Waals surface area (Å²) < 4.78 is 6.01. The Kier molecular flexibility index (Phi) is 5.93. The van der Waals surface area contributed by atoms with Gasteiger partial charge in [0.05, 0.1) is 11.6 Å². The number of aryl methyl sites for hydroxylation is 1. The van der Waals surface area contributed by atoms with Gasteiger partial charge in [-0.05, 0) is 43.7 Å². The van der Waals surface area contributed by atoms with Crippen LogP contribution in [0.15, 0.2) is 53.0 Å². The van der Waals surface area contributed by atoms with E-state index in [0.717, 1.165) is 15.6 Å². The molecule has 0 bridgehead atoms. The van der Waals surface area contributed by atoms with Crippen LogP contribution in [-0.2, 0) is 9.53 Å². The molecule has 23 heavy (non-hydrogen) atoms. The number of hydrogen-bond donors (Lipinski definition) is 1. The summed E-state index contributed by atoms with van der Waals surface area (Å²) in [6.07, 6.45) is 0. The molecule has 0 saturated heterocycles. The average molecular weight is 376 g/mol. The summed E-state index contributed by atoms with van der Waals surface area (Å²) in [4.78, 5) is 23.7. The Bertz CT molecular complexity index is 680. The summed E-state index contributed by atoms with van der Waals surface area (Å²) in [6, 6.07) is 14.5. The minimum Gasteiger partial charge on any atom is -0.452 e. The van der Waals surface area contributed by atoms with Crippen LogP contribution in [0.2, 0.25) is 0 Å². The van der Waals surface area contributed by atoms with Crippen LogP contribution in [0.3, 0.4) is 0 Å². The quantitative estimate of drug-likeness (QED) is 0.808. The van der Waals surface area contributed by atoms with Crippen LogP contribution in [0.25, 0.3) is 0 Å². The third-order valence-electron chi connectivity index (χ3n) is 3.37. The first-order valence-electron chi connectivity index (χ1n) is 7.24. The van der Waals surface area contributed by atoms with Crippen LogP contribution in [-0.4, -0.2) is 18.5 Å². The van der Waals surface area contributed by atoms with Crippen molar-refractivity contribution in [2.24, 2.45) is 0 Å². The van der Waals surface area contributed by atoms with E-state index in [1.165, 1.54) is 0 Å². The highest BCUT2D eigenvalue weighted by molar-refractivity contribution is 9.10. The van der Waals surface area contributed by atoms with Crippen LogP contribution in [0.1, 0.15) is 34.5 Å². The van der Waals surface area contributed by atoms with Gasteiger partial charge in [0.2, 0.25) is 0 Å². The van der Waals surface area contributed by atoms with E-state index < -0.39 is 5.97 Å². The van der Waals surface area contributed by atoms with Gasteiger partial charge >= 0.3 is 5.97 Å². The van der Waals surface area contributed by atoms with Gasteiger partial charge in [-0.3, -0.25) is 4.79 Å². The number of hydrogen-bond acceptors (Lipinski definition) is 3. The normalized spacial score (nSPS) is 11.6. The molecular formula is C18H18BrNO3. The van der Waals surface area contributed by atoms with Crippen molar-refractivity contribution >= 4 is 27.8 Å². The Morgan fingerprint density at radius 3 is 2.30 bits per heavy atom. The van der Waals surface area contributed by atoms with E-state index in [9.17, 15) is 9.59 Å². The van der Waals surface area contributed by atoms with Crippen molar-refractivity contribution in [1.29, 1.82) is 0 Å². The highest BCUT2D eigenvalue weighted by Crippen LogP contribution is 2.16. The molecule has 2 aromatic carbocycles. The highest BCUT2D eigenvalue weighted by Gasteiger charge is 2.13. The third-order valence-corrected chi connectivity index (χ3v) is 3.90. The van der Waals surface area contributed by atoms with E-state index in [4.69, 9.17) is 4.74 Å². The Labute approximate surface area is 144 Å². The molecule has 0 radical (unpaired) electrons. The van der Waals surface area contributed by atoms with Crippen LogP contribution in [0, 0.1) is 6.92 Å². The zero-order valence-electron chi connectivity index (χ0n) is 13.0. The summed E-state index contributed by atoms with van der Waals surface area (Å²) >= 11 is 3.37. The lowest BCUT2D eigenvalue weighted by molar-refractivity contribution is -0.124. The average Bonchev–Trinajstić information content (AvgIpc) is 2.54. The summed E-state index contributed by atoms with van der Waals surface area (Å²) in [7, 11) is 0. The fraction of sp³-hybridized carbons (Fsp3) is 0.222. The van der Waals surface area contributed by atoms with E-state index in [-0.39, 0.29) is 18.6 Å². The molecule has 0 fully saturated rings. The number of carbonyl (C=O) groups is 2. The zero-order chi connectivity index (χ0) is 16.8. The fourth-order valence-corrected chi connectivity index (χ4v) is 2.29. The summed E-state index contributed by atoms with van der Waals surface area (Å²) in [5, 5.41) is 2.80. The minimum absolute atomic E-state index is 0.159. The molecule has 4 nitrogen and oxygen atoms in total. The van der Waals surface area contributed by atoms with E-state index in [0.29, 0.717) is 5.56 Å². The molecule has 1 atom stereocenters. The maximum absolute atomic E-state index is 11.9. The number of nitrogens with one attached hydrogen (secondary N) is 1. The molecule has 120 valence electrons. The second-order valence-electron chi connectivity index (χ2n) is 5.28. The molecule has 1 N–H and O–H groups in total. The Hall–Kier alpha value is -2.14. The van der Waals surface area contributed by atoms with Gasteiger partial charge in [0.1, 0.15) is 0 Å². The molecule has 0 unspecified atom stereocenters. The Morgan fingerprint density at radius 1 is 1.09 bits per heavy atom. The van der Waals surface area contributed by atoms with Crippen molar-refractivity contribution in [3.8, 4) is 0 Å². The lowest BCUT2D eigenvalue weighted by Gasteiger charge is -2.14. The van der Waals surface area contributed by atoms with Gasteiger partial charge in [0.15, 0.2) is 6.61 Å². The molecule has 1 amide bonds. The predicted octanol–water partition coefficient (Wildman–Crippen LogP) is 3.79. The maximum atomic E-state index is 11.9. The molecule has 0 heterocycles. The van der Waals surface area contributed by atoms with Crippen molar-refractivity contribution in [3.05, 3.63) is 69.7 Å². The summed E-state index contributed by atoms with van der Waals surface area (Å²) in [5.41, 5.74) is 2.47. The summed E-state index contributed by atoms with van der Waals surface area (Å²) in [5.74, 6) is -0.836. The van der Waals surface area contributed by atoms with Crippen molar-refractivity contribution in [2.45, 2.75) is 19.9 Å². The molecule has 0 aliphatic carbocycles. The zero-order valence-corrected chi connectivity index (χ0v) is 14.6. The predicted molar refractivity (Wildman–Crippen MR) is 92.2 cm³/mol. The lowest BCUT2D eigenvalue weighted by Crippen LogP contribution is -2.31. The van der Waals surface area contributed by atoms with Crippen molar-refractivity contribution in [2.75, 3.05) is 6.61 Å². The SMILES string of the molecule is Cc1ccc(C(=O)OCC(=O)N[C@@H](C)c2ccc(Br)cc2)cc1. The van der Waals surface area contributed by atoms with Crippen LogP contribution in [0.5, 0.6) is 0 Å². The first-order chi connectivity index (χ1) is 11.0. The van der Waals surface area contributed by atoms with Gasteiger partial charge in [0.25, 0.3) is 5.91 Å². The number of esters is 1. The summed E-state index contributed by atoms with van der Waals surface area (Å²) in [6.45, 7) is 3.52. The third kappa shape index (κ3) is 5.21. The molecule has 0 spiro atoms. The molecule has 0 aliphatic rings. The van der Waals surface area contributed by atoms with Gasteiger partial charge < -0.3 is 10.1 Å². The molecule has 0 aliphatic heterocycles. The number of halogens is 1. The Balaban J connectivity index is 1.83. The van der Waals surface area contributed by atoms with Crippen LogP contribution in [0.4, 0.5) is 0 Å². The fourth-order valence-electron chi connectivity index (χ4n) is 2.02. The smallest absolute Gasteiger partial charge is 0.338 e. The van der Waals surface area contributed by atoms with Gasteiger partial charge in [-0.2, -0.15) is 0 Å². The molecule has 5 heteroatoms. The van der Waals surface area contributed by atoms with Gasteiger partial charge in [-0.15, -0.1) is 0 Å². The molecule has 2 aromatic rings. The number of carbonyl (C=O) groups excluding carboxylic acids is 2. The number of amides is 1. The molecule has 0 aromatic heterocycles. The minimum atomic E-state index is -0.503. The number of rotatable bonds is 5. The van der Waals surface area contributed by atoms with E-state index in [1.54, 1.807) is 12.1 Å². The van der Waals surface area contributed by atoms with E-state index >= 15 is 0 Å². The van der Waals surface area contributed by atoms with Crippen molar-refractivity contribution < 1.29 is 14.3 Å². The largest absolute Gasteiger partial charge is 0.452 e. The first-order valence-corrected chi connectivity index (χ1v) is 8.03. The van der Waals surface area contributed by atoms with Gasteiger partial charge in [-0.1, -0.05) is 45.8 Å². The van der Waals surface area contributed by atoms with Gasteiger partial charge in [-0.25, -0.2) is 4.79 Å². The number of ether oxygens (including phenoxy) is 1. The molecular weight excluding hydrogens is 358 g/mol. The van der Waals surface area contributed by atoms with Crippen molar-refractivity contribution in [3.63, 3.8) is 0 Å². The van der Waals surface area contributed by atoms with Crippen LogP contribution >= 0.6 is 15.9 Å². The monoisotopic (exact) mass is 375 g/mol. The standard InChI is InChI=1S/C18H18BrNO3/c1-12-3-5-15(6-4-12)18(22)23-11-17(21)20-13(2)14-7-9-16(19)10-8-14/h3-10,13H,11H2,1-2H3,(H,20,21)/t13-/m0/s1. The van der Waals surface area contributed by atoms with E-state index in [2.05, 4.69) is 21.2 Å². The molecule has 2 rings (SSSR count). The molecule has 0 saturated carbocycles. The van der Waals surface area contributed by atoms with Crippen LogP contribution < -0.4 is 5.32 Å². The Morgan fingerprint density at radius 2 is 1.70 bits per heavy atom. The topological polar surface area (TPSA) is 55.4 Å².